The first-order valence-electron chi connectivity index (χ1n) is 7.28. The molecule has 1 N–H and O–H groups in total. The molecule has 0 saturated heterocycles. The van der Waals surface area contributed by atoms with E-state index in [2.05, 4.69) is 0 Å². The lowest BCUT2D eigenvalue weighted by atomic mass is 9.83. The van der Waals surface area contributed by atoms with Crippen LogP contribution in [0.15, 0.2) is 36.4 Å². The van der Waals surface area contributed by atoms with Crippen molar-refractivity contribution in [2.24, 2.45) is 23.7 Å². The molecule has 2 aliphatic rings. The smallest absolute Gasteiger partial charge is 0.310 e. The number of carbonyl (C=O) groups is 2. The van der Waals surface area contributed by atoms with Crippen LogP contribution in [-0.4, -0.2) is 22.0 Å². The summed E-state index contributed by atoms with van der Waals surface area (Å²) >= 11 is 0. The summed E-state index contributed by atoms with van der Waals surface area (Å²) in [5, 5.41) is 19.9. The molecule has 2 aliphatic carbocycles. The maximum Gasteiger partial charge on any atom is 0.310 e. The Morgan fingerprint density at radius 2 is 1.78 bits per heavy atom. The minimum Gasteiger partial charge on any atom is -0.481 e. The highest BCUT2D eigenvalue weighted by Crippen LogP contribution is 2.48. The first-order chi connectivity index (χ1) is 11.0. The molecule has 0 heterocycles. The van der Waals surface area contributed by atoms with Crippen molar-refractivity contribution in [1.82, 2.24) is 0 Å². The van der Waals surface area contributed by atoms with Gasteiger partial charge in [0.25, 0.3) is 5.69 Å². The van der Waals surface area contributed by atoms with Gasteiger partial charge in [0, 0.05) is 12.1 Å². The number of esters is 1. The van der Waals surface area contributed by atoms with E-state index in [1.165, 1.54) is 24.3 Å². The summed E-state index contributed by atoms with van der Waals surface area (Å²) < 4.78 is 5.24. The quantitative estimate of drug-likeness (QED) is 0.386. The van der Waals surface area contributed by atoms with Gasteiger partial charge in [-0.3, -0.25) is 19.7 Å². The Morgan fingerprint density at radius 1 is 1.17 bits per heavy atom. The Kier molecular flexibility index (Phi) is 3.85. The lowest BCUT2D eigenvalue weighted by Crippen LogP contribution is -2.34. The Balaban J connectivity index is 1.64. The zero-order chi connectivity index (χ0) is 16.6. The van der Waals surface area contributed by atoms with Gasteiger partial charge in [0.05, 0.1) is 16.8 Å². The van der Waals surface area contributed by atoms with E-state index in [-0.39, 0.29) is 24.1 Å². The molecule has 0 unspecified atom stereocenters. The van der Waals surface area contributed by atoms with Crippen molar-refractivity contribution < 1.29 is 24.4 Å². The molecule has 1 saturated carbocycles. The molecular weight excluding hydrogens is 302 g/mol. The van der Waals surface area contributed by atoms with Crippen LogP contribution in [-0.2, 0) is 20.9 Å². The van der Waals surface area contributed by atoms with E-state index in [9.17, 15) is 24.8 Å². The molecule has 0 spiro atoms. The van der Waals surface area contributed by atoms with Crippen LogP contribution in [0.3, 0.4) is 0 Å². The number of non-ortho nitro benzene ring substituents is 1. The van der Waals surface area contributed by atoms with Crippen molar-refractivity contribution >= 4 is 17.6 Å². The number of nitro groups is 1. The van der Waals surface area contributed by atoms with E-state index in [1.54, 1.807) is 0 Å². The van der Waals surface area contributed by atoms with E-state index < -0.39 is 28.7 Å². The summed E-state index contributed by atoms with van der Waals surface area (Å²) in [6.07, 6.45) is 4.43. The maximum atomic E-state index is 12.3. The van der Waals surface area contributed by atoms with Crippen LogP contribution in [0.2, 0.25) is 0 Å². The Morgan fingerprint density at radius 3 is 2.35 bits per heavy atom. The van der Waals surface area contributed by atoms with Crippen molar-refractivity contribution in [2.45, 2.75) is 13.0 Å². The molecule has 1 fully saturated rings. The predicted octanol–water partition coefficient (Wildman–Crippen LogP) is 2.16. The van der Waals surface area contributed by atoms with Crippen molar-refractivity contribution in [3.05, 3.63) is 52.1 Å². The minimum atomic E-state index is -0.973. The molecule has 120 valence electrons. The third kappa shape index (κ3) is 2.81. The van der Waals surface area contributed by atoms with Gasteiger partial charge < -0.3 is 9.84 Å². The molecule has 1 aromatic carbocycles. The number of ether oxygens (including phenoxy) is 1. The normalized spacial score (nSPS) is 27.8. The minimum absolute atomic E-state index is 0.0270. The van der Waals surface area contributed by atoms with Crippen LogP contribution >= 0.6 is 0 Å². The highest BCUT2D eigenvalue weighted by molar-refractivity contribution is 5.83. The molecule has 2 bridgehead atoms. The third-order valence-electron chi connectivity index (χ3n) is 4.54. The third-order valence-corrected chi connectivity index (χ3v) is 4.54. The standard InChI is InChI=1S/C16H15NO6/c18-15(19)13-10-3-4-11(7-10)14(13)16(20)23-8-9-1-5-12(6-2-9)17(21)22/h1-6,10-11,13-14H,7-8H2,(H,18,19)/t10-,11-,13-,14-/m0/s1. The summed E-state index contributed by atoms with van der Waals surface area (Å²) in [7, 11) is 0. The van der Waals surface area contributed by atoms with E-state index >= 15 is 0 Å². The largest absolute Gasteiger partial charge is 0.481 e. The number of carbonyl (C=O) groups excluding carboxylic acids is 1. The van der Waals surface area contributed by atoms with E-state index in [1.807, 2.05) is 12.2 Å². The van der Waals surface area contributed by atoms with Crippen molar-refractivity contribution in [1.29, 1.82) is 0 Å². The van der Waals surface area contributed by atoms with Gasteiger partial charge in [0.1, 0.15) is 6.61 Å². The number of rotatable bonds is 5. The average Bonchev–Trinajstić information content (AvgIpc) is 3.13. The number of allylic oxidation sites excluding steroid dienone is 2. The summed E-state index contributed by atoms with van der Waals surface area (Å²) in [5.74, 6) is -3.05. The fourth-order valence-corrected chi connectivity index (χ4v) is 3.44. The molecule has 0 radical (unpaired) electrons. The predicted molar refractivity (Wildman–Crippen MR) is 78.2 cm³/mol. The highest BCUT2D eigenvalue weighted by Gasteiger charge is 2.52. The number of fused-ring (bicyclic) bond motifs is 2. The lowest BCUT2D eigenvalue weighted by molar-refractivity contribution is -0.384. The first-order valence-corrected chi connectivity index (χ1v) is 7.28. The summed E-state index contributed by atoms with van der Waals surface area (Å²) in [4.78, 5) is 33.7. The van der Waals surface area contributed by atoms with Gasteiger partial charge in [-0.2, -0.15) is 0 Å². The SMILES string of the molecule is O=C(O)[C@@H]1[C@@H](C(=O)OCc2ccc([N+](=O)[O-])cc2)[C@H]2C=C[C@H]1C2. The van der Waals surface area contributed by atoms with E-state index in [4.69, 9.17) is 4.74 Å². The zero-order valence-electron chi connectivity index (χ0n) is 12.1. The van der Waals surface area contributed by atoms with E-state index in [0.29, 0.717) is 12.0 Å². The fraction of sp³-hybridized carbons (Fsp3) is 0.375. The molecule has 0 amide bonds. The second-order valence-electron chi connectivity index (χ2n) is 5.87. The van der Waals surface area contributed by atoms with Crippen molar-refractivity contribution in [3.8, 4) is 0 Å². The molecular formula is C16H15NO6. The number of aliphatic carboxylic acids is 1. The molecule has 4 atom stereocenters. The van der Waals surface area contributed by atoms with Crippen LogP contribution in [0.5, 0.6) is 0 Å². The summed E-state index contributed by atoms with van der Waals surface area (Å²) in [6, 6.07) is 5.70. The number of hydrogen-bond donors (Lipinski definition) is 1. The molecule has 1 aromatic rings. The van der Waals surface area contributed by atoms with Gasteiger partial charge >= 0.3 is 11.9 Å². The first kappa shape index (κ1) is 15.2. The van der Waals surface area contributed by atoms with Gasteiger partial charge in [-0.15, -0.1) is 0 Å². The highest BCUT2D eigenvalue weighted by atomic mass is 16.6. The zero-order valence-corrected chi connectivity index (χ0v) is 12.1. The topological polar surface area (TPSA) is 107 Å². The average molecular weight is 317 g/mol. The molecule has 0 aromatic heterocycles. The molecule has 0 aliphatic heterocycles. The number of hydrogen-bond acceptors (Lipinski definition) is 5. The number of nitro benzene ring substituents is 1. The van der Waals surface area contributed by atoms with Crippen LogP contribution in [0.25, 0.3) is 0 Å². The number of nitrogens with zero attached hydrogens (tertiary/aromatic N) is 1. The summed E-state index contributed by atoms with van der Waals surface area (Å²) in [6.45, 7) is -0.0270. The van der Waals surface area contributed by atoms with Gasteiger partial charge in [0.15, 0.2) is 0 Å². The van der Waals surface area contributed by atoms with E-state index in [0.717, 1.165) is 0 Å². The Bertz CT molecular complexity index is 680. The number of carboxylic acids is 1. The monoisotopic (exact) mass is 317 g/mol. The molecule has 7 heteroatoms. The van der Waals surface area contributed by atoms with Crippen LogP contribution in [0, 0.1) is 33.8 Å². The molecule has 3 rings (SSSR count). The van der Waals surface area contributed by atoms with Crippen molar-refractivity contribution in [2.75, 3.05) is 0 Å². The second kappa shape index (κ2) is 5.83. The number of carboxylic acid groups (broad SMARTS) is 1. The maximum absolute atomic E-state index is 12.3. The Labute approximate surface area is 131 Å². The van der Waals surface area contributed by atoms with Crippen LogP contribution in [0.4, 0.5) is 5.69 Å². The van der Waals surface area contributed by atoms with Gasteiger partial charge in [-0.05, 0) is 36.0 Å². The van der Waals surface area contributed by atoms with Crippen molar-refractivity contribution in [3.63, 3.8) is 0 Å². The Hall–Kier alpha value is -2.70. The van der Waals surface area contributed by atoms with Gasteiger partial charge in [-0.25, -0.2) is 0 Å². The second-order valence-corrected chi connectivity index (χ2v) is 5.87. The van der Waals surface area contributed by atoms with Crippen LogP contribution < -0.4 is 0 Å². The van der Waals surface area contributed by atoms with Crippen LogP contribution in [0.1, 0.15) is 12.0 Å². The molecule has 23 heavy (non-hydrogen) atoms. The lowest BCUT2D eigenvalue weighted by Gasteiger charge is -2.23. The van der Waals surface area contributed by atoms with Gasteiger partial charge in [0.2, 0.25) is 0 Å². The van der Waals surface area contributed by atoms with Gasteiger partial charge in [-0.1, -0.05) is 12.2 Å². The fourth-order valence-electron chi connectivity index (χ4n) is 3.44. The number of benzene rings is 1. The summed E-state index contributed by atoms with van der Waals surface area (Å²) in [5.41, 5.74) is 0.582. The molecule has 7 nitrogen and oxygen atoms in total.